The second kappa shape index (κ2) is 8.60. The summed E-state index contributed by atoms with van der Waals surface area (Å²) in [6, 6.07) is 13.1. The van der Waals surface area contributed by atoms with E-state index < -0.39 is 0 Å². The Morgan fingerprint density at radius 1 is 0.933 bits per heavy atom. The standard InChI is InChI=1S/C21H19N5O2S2/c1-12-4-3-5-14(8-12)22-19(28)26-20-23-15(11-29-20)10-18(27)25-21-24-16-7-6-13(2)9-17(16)30-21/h3-9,11H,10H2,1-2H3,(H,24,25,27)(H2,22,23,26,28). The molecule has 0 saturated heterocycles. The largest absolute Gasteiger partial charge is 0.325 e. The molecule has 4 aromatic rings. The average molecular weight is 438 g/mol. The lowest BCUT2D eigenvalue weighted by Crippen LogP contribution is -2.19. The predicted octanol–water partition coefficient (Wildman–Crippen LogP) is 5.19. The number of rotatable bonds is 5. The van der Waals surface area contributed by atoms with Gasteiger partial charge in [-0.25, -0.2) is 14.8 Å². The number of carbonyl (C=O) groups is 2. The first-order valence-electron chi connectivity index (χ1n) is 9.21. The van der Waals surface area contributed by atoms with Gasteiger partial charge in [0, 0.05) is 11.1 Å². The fourth-order valence-corrected chi connectivity index (χ4v) is 4.53. The highest BCUT2D eigenvalue weighted by molar-refractivity contribution is 7.22. The lowest BCUT2D eigenvalue weighted by molar-refractivity contribution is -0.115. The van der Waals surface area contributed by atoms with E-state index in [2.05, 4.69) is 25.9 Å². The van der Waals surface area contributed by atoms with Gasteiger partial charge in [-0.1, -0.05) is 29.5 Å². The molecule has 2 heterocycles. The van der Waals surface area contributed by atoms with E-state index in [1.807, 2.05) is 56.3 Å². The molecule has 0 saturated carbocycles. The Labute approximate surface area is 181 Å². The fraction of sp³-hybridized carbons (Fsp3) is 0.143. The summed E-state index contributed by atoms with van der Waals surface area (Å²) >= 11 is 2.71. The second-order valence-electron chi connectivity index (χ2n) is 6.81. The van der Waals surface area contributed by atoms with E-state index in [0.717, 1.165) is 21.3 Å². The van der Waals surface area contributed by atoms with Gasteiger partial charge in [0.2, 0.25) is 5.91 Å². The van der Waals surface area contributed by atoms with Crippen LogP contribution in [0.3, 0.4) is 0 Å². The van der Waals surface area contributed by atoms with Crippen molar-refractivity contribution >= 4 is 60.8 Å². The van der Waals surface area contributed by atoms with Crippen LogP contribution in [-0.4, -0.2) is 21.9 Å². The highest BCUT2D eigenvalue weighted by atomic mass is 32.1. The molecule has 0 spiro atoms. The van der Waals surface area contributed by atoms with Gasteiger partial charge in [0.1, 0.15) is 0 Å². The van der Waals surface area contributed by atoms with Crippen LogP contribution in [0.1, 0.15) is 16.8 Å². The van der Waals surface area contributed by atoms with Crippen molar-refractivity contribution in [2.24, 2.45) is 0 Å². The summed E-state index contributed by atoms with van der Waals surface area (Å²) < 4.78 is 1.03. The Morgan fingerprint density at radius 3 is 2.60 bits per heavy atom. The van der Waals surface area contributed by atoms with E-state index in [0.29, 0.717) is 21.6 Å². The highest BCUT2D eigenvalue weighted by Crippen LogP contribution is 2.27. The number of hydrogen-bond acceptors (Lipinski definition) is 6. The Morgan fingerprint density at radius 2 is 1.77 bits per heavy atom. The van der Waals surface area contributed by atoms with Gasteiger partial charge in [-0.2, -0.15) is 0 Å². The summed E-state index contributed by atoms with van der Waals surface area (Å²) in [4.78, 5) is 33.2. The van der Waals surface area contributed by atoms with Gasteiger partial charge >= 0.3 is 6.03 Å². The summed E-state index contributed by atoms with van der Waals surface area (Å²) in [6.07, 6.45) is 0.104. The van der Waals surface area contributed by atoms with E-state index in [1.165, 1.54) is 22.7 Å². The van der Waals surface area contributed by atoms with Crippen molar-refractivity contribution in [3.63, 3.8) is 0 Å². The first-order valence-corrected chi connectivity index (χ1v) is 10.9. The van der Waals surface area contributed by atoms with Gasteiger partial charge in [-0.05, 0) is 49.2 Å². The maximum absolute atomic E-state index is 12.4. The van der Waals surface area contributed by atoms with Crippen LogP contribution < -0.4 is 16.0 Å². The first-order chi connectivity index (χ1) is 14.4. The summed E-state index contributed by atoms with van der Waals surface area (Å²) in [5.41, 5.74) is 4.35. The van der Waals surface area contributed by atoms with Gasteiger partial charge in [0.15, 0.2) is 10.3 Å². The second-order valence-corrected chi connectivity index (χ2v) is 8.70. The van der Waals surface area contributed by atoms with Crippen molar-refractivity contribution in [3.8, 4) is 0 Å². The predicted molar refractivity (Wildman–Crippen MR) is 123 cm³/mol. The van der Waals surface area contributed by atoms with Crippen LogP contribution in [0.5, 0.6) is 0 Å². The summed E-state index contributed by atoms with van der Waals surface area (Å²) in [5.74, 6) is -0.202. The van der Waals surface area contributed by atoms with E-state index in [-0.39, 0.29) is 18.4 Å². The maximum atomic E-state index is 12.4. The molecule has 9 heteroatoms. The number of benzene rings is 2. The number of urea groups is 1. The maximum Gasteiger partial charge on any atom is 0.325 e. The third-order valence-corrected chi connectivity index (χ3v) is 5.92. The molecule has 30 heavy (non-hydrogen) atoms. The monoisotopic (exact) mass is 437 g/mol. The van der Waals surface area contributed by atoms with Crippen LogP contribution in [0.25, 0.3) is 10.2 Å². The third kappa shape index (κ3) is 5.00. The molecule has 0 bridgehead atoms. The van der Waals surface area contributed by atoms with Gasteiger partial charge < -0.3 is 10.6 Å². The van der Waals surface area contributed by atoms with Gasteiger partial charge in [0.25, 0.3) is 0 Å². The molecule has 2 aromatic carbocycles. The van der Waals surface area contributed by atoms with Crippen LogP contribution in [0.4, 0.5) is 20.7 Å². The number of hydrogen-bond donors (Lipinski definition) is 3. The zero-order valence-corrected chi connectivity index (χ0v) is 18.0. The van der Waals surface area contributed by atoms with Crippen molar-refractivity contribution in [2.45, 2.75) is 20.3 Å². The topological polar surface area (TPSA) is 96.0 Å². The van der Waals surface area contributed by atoms with Gasteiger partial charge in [-0.3, -0.25) is 10.1 Å². The third-order valence-electron chi connectivity index (χ3n) is 4.18. The van der Waals surface area contributed by atoms with Crippen molar-refractivity contribution in [3.05, 3.63) is 64.7 Å². The van der Waals surface area contributed by atoms with Crippen molar-refractivity contribution in [1.82, 2.24) is 9.97 Å². The molecule has 2 aromatic heterocycles. The molecule has 0 fully saturated rings. The van der Waals surface area contributed by atoms with Gasteiger partial charge in [0.05, 0.1) is 22.3 Å². The highest BCUT2D eigenvalue weighted by Gasteiger charge is 2.12. The Balaban J connectivity index is 1.33. The number of amides is 3. The van der Waals surface area contributed by atoms with E-state index in [4.69, 9.17) is 0 Å². The van der Waals surface area contributed by atoms with Crippen LogP contribution in [0.15, 0.2) is 47.8 Å². The number of thiazole rings is 2. The number of nitrogens with zero attached hydrogens (tertiary/aromatic N) is 2. The number of nitrogens with one attached hydrogen (secondary N) is 3. The molecule has 7 nitrogen and oxygen atoms in total. The SMILES string of the molecule is Cc1cccc(NC(=O)Nc2nc(CC(=O)Nc3nc4ccc(C)cc4s3)cs2)c1. The Kier molecular flexibility index (Phi) is 5.73. The van der Waals surface area contributed by atoms with Crippen molar-refractivity contribution in [1.29, 1.82) is 0 Å². The zero-order chi connectivity index (χ0) is 21.1. The average Bonchev–Trinajstić information content (AvgIpc) is 3.27. The minimum absolute atomic E-state index is 0.104. The molecule has 0 aliphatic carbocycles. The Bertz CT molecular complexity index is 1230. The number of aromatic nitrogens is 2. The minimum Gasteiger partial charge on any atom is -0.308 e. The van der Waals surface area contributed by atoms with Crippen molar-refractivity contribution in [2.75, 3.05) is 16.0 Å². The fourth-order valence-electron chi connectivity index (χ4n) is 2.84. The summed E-state index contributed by atoms with van der Waals surface area (Å²) in [5, 5.41) is 11.0. The molecule has 3 amide bonds. The number of fused-ring (bicyclic) bond motifs is 1. The zero-order valence-electron chi connectivity index (χ0n) is 16.4. The van der Waals surface area contributed by atoms with Crippen LogP contribution in [0, 0.1) is 13.8 Å². The lowest BCUT2D eigenvalue weighted by Gasteiger charge is -2.05. The molecule has 0 aliphatic heterocycles. The normalized spacial score (nSPS) is 10.7. The molecule has 0 unspecified atom stereocenters. The Hall–Kier alpha value is -3.30. The molecule has 0 radical (unpaired) electrons. The smallest absolute Gasteiger partial charge is 0.308 e. The summed E-state index contributed by atoms with van der Waals surface area (Å²) in [6.45, 7) is 3.98. The molecule has 152 valence electrons. The van der Waals surface area contributed by atoms with E-state index in [9.17, 15) is 9.59 Å². The van der Waals surface area contributed by atoms with Crippen LogP contribution in [0.2, 0.25) is 0 Å². The molecular weight excluding hydrogens is 418 g/mol. The van der Waals surface area contributed by atoms with Crippen LogP contribution >= 0.6 is 22.7 Å². The van der Waals surface area contributed by atoms with E-state index >= 15 is 0 Å². The molecule has 0 aliphatic rings. The molecule has 0 atom stereocenters. The number of carbonyl (C=O) groups excluding carboxylic acids is 2. The first kappa shape index (κ1) is 20.0. The minimum atomic E-state index is -0.379. The number of aryl methyl sites for hydroxylation is 2. The number of anilines is 3. The van der Waals surface area contributed by atoms with E-state index in [1.54, 1.807) is 5.38 Å². The molecule has 3 N–H and O–H groups in total. The lowest BCUT2D eigenvalue weighted by atomic mass is 10.2. The van der Waals surface area contributed by atoms with Gasteiger partial charge in [-0.15, -0.1) is 11.3 Å². The molecular formula is C21H19N5O2S2. The molecule has 4 rings (SSSR count). The quantitative estimate of drug-likeness (QED) is 0.400. The summed E-state index contributed by atoms with van der Waals surface area (Å²) in [7, 11) is 0. The van der Waals surface area contributed by atoms with Crippen molar-refractivity contribution < 1.29 is 9.59 Å². The van der Waals surface area contributed by atoms with Crippen LogP contribution in [-0.2, 0) is 11.2 Å².